The Bertz CT molecular complexity index is 789. The SMILES string of the molecule is c1ccc2c(c1)C1CC(C1)C2c1nc(-c2cscn2)no1. The lowest BCUT2D eigenvalue weighted by molar-refractivity contribution is 0.185. The maximum atomic E-state index is 5.58. The minimum Gasteiger partial charge on any atom is -0.338 e. The molecule has 1 saturated carbocycles. The minimum absolute atomic E-state index is 0.256. The van der Waals surface area contributed by atoms with Crippen LogP contribution in [0.25, 0.3) is 11.5 Å². The fraction of sp³-hybridized carbons (Fsp3) is 0.312. The van der Waals surface area contributed by atoms with Crippen LogP contribution in [0.3, 0.4) is 0 Å². The number of hydrogen-bond acceptors (Lipinski definition) is 5. The van der Waals surface area contributed by atoms with Gasteiger partial charge in [-0.25, -0.2) is 4.98 Å². The largest absolute Gasteiger partial charge is 0.338 e. The van der Waals surface area contributed by atoms with E-state index in [1.54, 1.807) is 16.8 Å². The van der Waals surface area contributed by atoms with Gasteiger partial charge in [0, 0.05) is 5.38 Å². The summed E-state index contributed by atoms with van der Waals surface area (Å²) in [6.45, 7) is 0. The maximum Gasteiger partial charge on any atom is 0.234 e. The van der Waals surface area contributed by atoms with Gasteiger partial charge in [-0.1, -0.05) is 29.4 Å². The topological polar surface area (TPSA) is 51.8 Å². The second-order valence-electron chi connectivity index (χ2n) is 5.86. The predicted molar refractivity (Wildman–Crippen MR) is 79.2 cm³/mol. The van der Waals surface area contributed by atoms with E-state index in [1.165, 1.54) is 24.0 Å². The predicted octanol–water partition coefficient (Wildman–Crippen LogP) is 3.83. The van der Waals surface area contributed by atoms with E-state index in [0.29, 0.717) is 11.7 Å². The first-order valence-electron chi connectivity index (χ1n) is 7.21. The fourth-order valence-corrected chi connectivity index (χ4v) is 4.26. The molecule has 21 heavy (non-hydrogen) atoms. The maximum absolute atomic E-state index is 5.58. The summed E-state index contributed by atoms with van der Waals surface area (Å²) >= 11 is 1.54. The van der Waals surface area contributed by atoms with Crippen LogP contribution < -0.4 is 0 Å². The Labute approximate surface area is 125 Å². The number of thiazole rings is 1. The Morgan fingerprint density at radius 1 is 1.14 bits per heavy atom. The van der Waals surface area contributed by atoms with Crippen molar-refractivity contribution in [2.45, 2.75) is 24.7 Å². The van der Waals surface area contributed by atoms with E-state index in [1.807, 2.05) is 5.38 Å². The van der Waals surface area contributed by atoms with Crippen molar-refractivity contribution in [1.29, 1.82) is 0 Å². The van der Waals surface area contributed by atoms with Crippen molar-refractivity contribution < 1.29 is 4.52 Å². The molecule has 0 aliphatic heterocycles. The molecule has 1 unspecified atom stereocenters. The molecule has 3 aliphatic rings. The third-order valence-corrected chi connectivity index (χ3v) is 5.37. The normalized spacial score (nSPS) is 26.2. The summed E-state index contributed by atoms with van der Waals surface area (Å²) < 4.78 is 5.58. The van der Waals surface area contributed by atoms with Gasteiger partial charge >= 0.3 is 0 Å². The van der Waals surface area contributed by atoms with Crippen molar-refractivity contribution in [2.24, 2.45) is 5.92 Å². The smallest absolute Gasteiger partial charge is 0.234 e. The standard InChI is InChI=1S/C16H13N3OS/c1-2-4-12-11(3-1)9-5-10(6-9)14(12)16-18-15(19-20-16)13-7-21-8-17-13/h1-4,7-10,14H,5-6H2. The van der Waals surface area contributed by atoms with Crippen molar-refractivity contribution in [3.05, 3.63) is 52.2 Å². The van der Waals surface area contributed by atoms with E-state index in [9.17, 15) is 0 Å². The number of benzene rings is 1. The Morgan fingerprint density at radius 3 is 2.81 bits per heavy atom. The molecule has 2 heterocycles. The minimum atomic E-state index is 0.256. The van der Waals surface area contributed by atoms with Crippen molar-refractivity contribution in [3.8, 4) is 11.5 Å². The molecule has 104 valence electrons. The summed E-state index contributed by atoms with van der Waals surface area (Å²) in [5.74, 6) is 2.99. The van der Waals surface area contributed by atoms with E-state index < -0.39 is 0 Å². The molecular formula is C16H13N3OS. The second-order valence-corrected chi connectivity index (χ2v) is 6.58. The molecular weight excluding hydrogens is 282 g/mol. The summed E-state index contributed by atoms with van der Waals surface area (Å²) in [5, 5.41) is 6.06. The van der Waals surface area contributed by atoms with Crippen molar-refractivity contribution in [1.82, 2.24) is 15.1 Å². The lowest BCUT2D eigenvalue weighted by Crippen LogP contribution is -2.35. The van der Waals surface area contributed by atoms with Crippen molar-refractivity contribution in [3.63, 3.8) is 0 Å². The van der Waals surface area contributed by atoms with E-state index in [4.69, 9.17) is 4.52 Å². The molecule has 4 nitrogen and oxygen atoms in total. The third-order valence-electron chi connectivity index (χ3n) is 4.79. The van der Waals surface area contributed by atoms with Crippen LogP contribution in [0, 0.1) is 5.92 Å². The average molecular weight is 295 g/mol. The zero-order valence-corrected chi connectivity index (χ0v) is 12.1. The van der Waals surface area contributed by atoms with Gasteiger partial charge in [-0.15, -0.1) is 11.3 Å². The van der Waals surface area contributed by atoms with E-state index in [0.717, 1.165) is 17.5 Å². The van der Waals surface area contributed by atoms with Crippen LogP contribution in [-0.4, -0.2) is 15.1 Å². The summed E-state index contributed by atoms with van der Waals surface area (Å²) in [4.78, 5) is 8.87. The highest BCUT2D eigenvalue weighted by Gasteiger charge is 2.46. The number of nitrogens with zero attached hydrogens (tertiary/aromatic N) is 3. The van der Waals surface area contributed by atoms with Crippen LogP contribution in [0.2, 0.25) is 0 Å². The van der Waals surface area contributed by atoms with Gasteiger partial charge < -0.3 is 4.52 Å². The van der Waals surface area contributed by atoms with Crippen molar-refractivity contribution in [2.75, 3.05) is 0 Å². The molecule has 5 heteroatoms. The van der Waals surface area contributed by atoms with Gasteiger partial charge in [0.05, 0.1) is 11.4 Å². The molecule has 0 spiro atoms. The molecule has 2 aromatic heterocycles. The van der Waals surface area contributed by atoms with E-state index in [2.05, 4.69) is 39.4 Å². The molecule has 0 saturated heterocycles. The van der Waals surface area contributed by atoms with Crippen molar-refractivity contribution >= 4 is 11.3 Å². The first-order chi connectivity index (χ1) is 10.4. The highest BCUT2D eigenvalue weighted by Crippen LogP contribution is 2.57. The highest BCUT2D eigenvalue weighted by molar-refractivity contribution is 7.07. The van der Waals surface area contributed by atoms with Crippen LogP contribution in [0.1, 0.15) is 41.7 Å². The van der Waals surface area contributed by atoms with E-state index in [-0.39, 0.29) is 5.92 Å². The Balaban J connectivity index is 1.59. The lowest BCUT2D eigenvalue weighted by atomic mass is 9.57. The summed E-state index contributed by atoms with van der Waals surface area (Å²) in [6.07, 6.45) is 2.49. The monoisotopic (exact) mass is 295 g/mol. The van der Waals surface area contributed by atoms with Crippen LogP contribution in [0.5, 0.6) is 0 Å². The molecule has 3 aromatic rings. The molecule has 0 N–H and O–H groups in total. The number of rotatable bonds is 2. The molecule has 3 aliphatic carbocycles. The number of hydrogen-bond donors (Lipinski definition) is 0. The molecule has 1 fully saturated rings. The Hall–Kier alpha value is -2.01. The molecule has 0 amide bonds. The molecule has 0 radical (unpaired) electrons. The highest BCUT2D eigenvalue weighted by atomic mass is 32.1. The first-order valence-corrected chi connectivity index (χ1v) is 8.15. The van der Waals surface area contributed by atoms with Gasteiger partial charge in [0.1, 0.15) is 5.69 Å². The van der Waals surface area contributed by atoms with Gasteiger partial charge in [0.25, 0.3) is 0 Å². The van der Waals surface area contributed by atoms with Gasteiger partial charge in [-0.2, -0.15) is 4.98 Å². The van der Waals surface area contributed by atoms with Gasteiger partial charge in [-0.3, -0.25) is 0 Å². The van der Waals surface area contributed by atoms with Crippen LogP contribution >= 0.6 is 11.3 Å². The van der Waals surface area contributed by atoms with Crippen LogP contribution in [-0.2, 0) is 0 Å². The van der Waals surface area contributed by atoms with Crippen LogP contribution in [0.4, 0.5) is 0 Å². The quantitative estimate of drug-likeness (QED) is 0.721. The first kappa shape index (κ1) is 11.6. The molecule has 2 bridgehead atoms. The summed E-state index contributed by atoms with van der Waals surface area (Å²) in [7, 11) is 0. The van der Waals surface area contributed by atoms with E-state index >= 15 is 0 Å². The summed E-state index contributed by atoms with van der Waals surface area (Å²) in [5.41, 5.74) is 5.43. The average Bonchev–Trinajstić information content (AvgIpc) is 3.16. The Morgan fingerprint density at radius 2 is 2.00 bits per heavy atom. The zero-order valence-electron chi connectivity index (χ0n) is 11.3. The fourth-order valence-electron chi connectivity index (χ4n) is 3.73. The van der Waals surface area contributed by atoms with Gasteiger partial charge in [0.2, 0.25) is 11.7 Å². The second kappa shape index (κ2) is 4.24. The molecule has 1 atom stereocenters. The third kappa shape index (κ3) is 1.64. The van der Waals surface area contributed by atoms with Gasteiger partial charge in [0.15, 0.2) is 0 Å². The summed E-state index contributed by atoms with van der Waals surface area (Å²) in [6, 6.07) is 8.70. The van der Waals surface area contributed by atoms with Gasteiger partial charge in [-0.05, 0) is 35.8 Å². The zero-order chi connectivity index (χ0) is 13.8. The lowest BCUT2D eigenvalue weighted by Gasteiger charge is -2.46. The molecule has 1 aromatic carbocycles. The Kier molecular flexibility index (Phi) is 2.35. The van der Waals surface area contributed by atoms with Crippen LogP contribution in [0.15, 0.2) is 39.7 Å². The molecule has 6 rings (SSSR count). The number of aromatic nitrogens is 3.